The van der Waals surface area contributed by atoms with Crippen molar-refractivity contribution in [2.24, 2.45) is 5.92 Å². The quantitative estimate of drug-likeness (QED) is 0.797. The Labute approximate surface area is 91.3 Å². The van der Waals surface area contributed by atoms with Gasteiger partial charge in [0, 0.05) is 16.2 Å². The minimum Gasteiger partial charge on any atom is -0.268 e. The van der Waals surface area contributed by atoms with Crippen molar-refractivity contribution in [2.45, 2.75) is 26.8 Å². The molecule has 0 atom stereocenters. The summed E-state index contributed by atoms with van der Waals surface area (Å²) in [7, 11) is 0. The van der Waals surface area contributed by atoms with Crippen LogP contribution in [-0.4, -0.2) is 9.78 Å². The zero-order valence-electron chi connectivity index (χ0n) is 7.83. The highest BCUT2D eigenvalue weighted by atomic mass is 127. The molecule has 0 N–H and O–H groups in total. The van der Waals surface area contributed by atoms with E-state index in [1.165, 1.54) is 4.68 Å². The van der Waals surface area contributed by atoms with E-state index in [1.54, 1.807) is 12.3 Å². The molecule has 4 heteroatoms. The van der Waals surface area contributed by atoms with Gasteiger partial charge in [-0.05, 0) is 34.9 Å². The second-order valence-electron chi connectivity index (χ2n) is 3.42. The summed E-state index contributed by atoms with van der Waals surface area (Å²) < 4.78 is 2.41. The van der Waals surface area contributed by atoms with Gasteiger partial charge in [0.05, 0.1) is 6.20 Å². The smallest absolute Gasteiger partial charge is 0.267 e. The fourth-order valence-corrected chi connectivity index (χ4v) is 1.35. The van der Waals surface area contributed by atoms with E-state index in [4.69, 9.17) is 0 Å². The summed E-state index contributed by atoms with van der Waals surface area (Å²) in [6, 6.07) is 1.61. The van der Waals surface area contributed by atoms with Crippen molar-refractivity contribution in [1.82, 2.24) is 9.78 Å². The van der Waals surface area contributed by atoms with Crippen LogP contribution in [0.1, 0.15) is 20.3 Å². The Balaban J connectivity index is 2.73. The molecule has 1 aromatic heterocycles. The first kappa shape index (κ1) is 10.7. The van der Waals surface area contributed by atoms with Gasteiger partial charge >= 0.3 is 0 Å². The van der Waals surface area contributed by atoms with Gasteiger partial charge in [0.25, 0.3) is 5.56 Å². The third kappa shape index (κ3) is 3.46. The monoisotopic (exact) mass is 292 g/mol. The van der Waals surface area contributed by atoms with Gasteiger partial charge in [-0.1, -0.05) is 13.8 Å². The average molecular weight is 292 g/mol. The lowest BCUT2D eigenvalue weighted by molar-refractivity contribution is 0.471. The Bertz CT molecular complexity index is 333. The number of rotatable bonds is 3. The van der Waals surface area contributed by atoms with Crippen LogP contribution < -0.4 is 5.56 Å². The predicted octanol–water partition coefficient (Wildman–Crippen LogP) is 1.89. The topological polar surface area (TPSA) is 34.9 Å². The van der Waals surface area contributed by atoms with Gasteiger partial charge in [0.1, 0.15) is 0 Å². The van der Waals surface area contributed by atoms with Crippen molar-refractivity contribution in [3.63, 3.8) is 0 Å². The van der Waals surface area contributed by atoms with Crippen LogP contribution in [-0.2, 0) is 6.54 Å². The Hall–Kier alpha value is -0.390. The largest absolute Gasteiger partial charge is 0.268 e. The normalized spacial score (nSPS) is 10.8. The van der Waals surface area contributed by atoms with Crippen molar-refractivity contribution < 1.29 is 0 Å². The first-order chi connectivity index (χ1) is 6.09. The summed E-state index contributed by atoms with van der Waals surface area (Å²) in [4.78, 5) is 11.3. The van der Waals surface area contributed by atoms with Crippen molar-refractivity contribution in [2.75, 3.05) is 0 Å². The molecule has 0 radical (unpaired) electrons. The summed E-state index contributed by atoms with van der Waals surface area (Å²) in [6.07, 6.45) is 2.70. The van der Waals surface area contributed by atoms with Crippen molar-refractivity contribution in [3.05, 3.63) is 26.2 Å². The molecule has 1 rings (SSSR count). The number of hydrogen-bond acceptors (Lipinski definition) is 2. The maximum absolute atomic E-state index is 11.3. The molecule has 1 heterocycles. The van der Waals surface area contributed by atoms with E-state index >= 15 is 0 Å². The lowest BCUT2D eigenvalue weighted by Gasteiger charge is -2.05. The fraction of sp³-hybridized carbons (Fsp3) is 0.556. The molecule has 0 aromatic carbocycles. The van der Waals surface area contributed by atoms with Crippen LogP contribution >= 0.6 is 22.6 Å². The molecule has 0 aliphatic heterocycles. The Morgan fingerprint density at radius 2 is 2.31 bits per heavy atom. The van der Waals surface area contributed by atoms with Crippen LogP contribution in [0.25, 0.3) is 0 Å². The van der Waals surface area contributed by atoms with Crippen LogP contribution in [0.15, 0.2) is 17.1 Å². The van der Waals surface area contributed by atoms with Gasteiger partial charge in [0.2, 0.25) is 0 Å². The van der Waals surface area contributed by atoms with E-state index in [1.807, 2.05) is 0 Å². The summed E-state index contributed by atoms with van der Waals surface area (Å²) in [5, 5.41) is 4.05. The van der Waals surface area contributed by atoms with Crippen molar-refractivity contribution in [1.29, 1.82) is 0 Å². The molecule has 0 aliphatic rings. The predicted molar refractivity (Wildman–Crippen MR) is 60.7 cm³/mol. The van der Waals surface area contributed by atoms with Crippen molar-refractivity contribution in [3.8, 4) is 0 Å². The van der Waals surface area contributed by atoms with Crippen LogP contribution in [0.2, 0.25) is 0 Å². The van der Waals surface area contributed by atoms with Crippen LogP contribution in [0, 0.1) is 9.49 Å². The molecule has 72 valence electrons. The van der Waals surface area contributed by atoms with Gasteiger partial charge in [0.15, 0.2) is 0 Å². The van der Waals surface area contributed by atoms with Crippen LogP contribution in [0.4, 0.5) is 0 Å². The second-order valence-corrected chi connectivity index (χ2v) is 4.66. The lowest BCUT2D eigenvalue weighted by atomic mass is 10.1. The molecular formula is C9H13IN2O. The molecule has 1 aromatic rings. The van der Waals surface area contributed by atoms with E-state index in [-0.39, 0.29) is 5.56 Å². The van der Waals surface area contributed by atoms with E-state index in [9.17, 15) is 4.79 Å². The number of aromatic nitrogens is 2. The Kier molecular flexibility index (Phi) is 3.90. The maximum atomic E-state index is 11.3. The van der Waals surface area contributed by atoms with Gasteiger partial charge in [-0.15, -0.1) is 0 Å². The maximum Gasteiger partial charge on any atom is 0.267 e. The van der Waals surface area contributed by atoms with Gasteiger partial charge in [-0.25, -0.2) is 4.68 Å². The van der Waals surface area contributed by atoms with Crippen LogP contribution in [0.5, 0.6) is 0 Å². The molecule has 13 heavy (non-hydrogen) atoms. The number of hydrogen-bond donors (Lipinski definition) is 0. The molecule has 0 unspecified atom stereocenters. The SMILES string of the molecule is CC(C)CCn1ncc(I)cc1=O. The highest BCUT2D eigenvalue weighted by Gasteiger charge is 1.99. The first-order valence-corrected chi connectivity index (χ1v) is 5.40. The third-order valence-corrected chi connectivity index (χ3v) is 2.34. The van der Waals surface area contributed by atoms with E-state index in [0.717, 1.165) is 9.99 Å². The third-order valence-electron chi connectivity index (χ3n) is 1.75. The second kappa shape index (κ2) is 4.74. The van der Waals surface area contributed by atoms with E-state index < -0.39 is 0 Å². The summed E-state index contributed by atoms with van der Waals surface area (Å²) in [5.74, 6) is 0.605. The zero-order chi connectivity index (χ0) is 9.84. The van der Waals surface area contributed by atoms with Crippen molar-refractivity contribution >= 4 is 22.6 Å². The number of aryl methyl sites for hydroxylation is 1. The van der Waals surface area contributed by atoms with Gasteiger partial charge in [-0.3, -0.25) is 4.79 Å². The lowest BCUT2D eigenvalue weighted by Crippen LogP contribution is -2.22. The minimum absolute atomic E-state index is 0.00690. The fourth-order valence-electron chi connectivity index (χ4n) is 0.960. The standard InChI is InChI=1S/C9H13IN2O/c1-7(2)3-4-12-9(13)5-8(10)6-11-12/h5-7H,3-4H2,1-2H3. The molecule has 0 aliphatic carbocycles. The zero-order valence-corrected chi connectivity index (χ0v) is 9.98. The molecule has 0 amide bonds. The summed E-state index contributed by atoms with van der Waals surface area (Å²) in [6.45, 7) is 4.99. The highest BCUT2D eigenvalue weighted by Crippen LogP contribution is 2.01. The minimum atomic E-state index is -0.00690. The van der Waals surface area contributed by atoms with Crippen LogP contribution in [0.3, 0.4) is 0 Å². The molecule has 0 saturated heterocycles. The molecule has 0 spiro atoms. The molecule has 3 nitrogen and oxygen atoms in total. The van der Waals surface area contributed by atoms with Gasteiger partial charge < -0.3 is 0 Å². The Morgan fingerprint density at radius 3 is 2.85 bits per heavy atom. The molecule has 0 bridgehead atoms. The number of nitrogens with zero attached hydrogens (tertiary/aromatic N) is 2. The molecule has 0 saturated carbocycles. The first-order valence-electron chi connectivity index (χ1n) is 4.32. The Morgan fingerprint density at radius 1 is 1.62 bits per heavy atom. The number of halogens is 1. The summed E-state index contributed by atoms with van der Waals surface area (Å²) in [5.41, 5.74) is -0.00690. The van der Waals surface area contributed by atoms with Gasteiger partial charge in [-0.2, -0.15) is 5.10 Å². The average Bonchev–Trinajstić information content (AvgIpc) is 2.02. The summed E-state index contributed by atoms with van der Waals surface area (Å²) >= 11 is 2.09. The van der Waals surface area contributed by atoms with E-state index in [2.05, 4.69) is 41.5 Å². The van der Waals surface area contributed by atoms with E-state index in [0.29, 0.717) is 12.5 Å². The molecule has 0 fully saturated rings. The highest BCUT2D eigenvalue weighted by molar-refractivity contribution is 14.1. The molecular weight excluding hydrogens is 279 g/mol.